The predicted octanol–water partition coefficient (Wildman–Crippen LogP) is 4.48. The lowest BCUT2D eigenvalue weighted by atomic mass is 9.99. The fourth-order valence-electron chi connectivity index (χ4n) is 4.30. The van der Waals surface area contributed by atoms with Gasteiger partial charge in [-0.15, -0.1) is 0 Å². The smallest absolute Gasteiger partial charge is 0.249 e. The third-order valence-corrected chi connectivity index (χ3v) is 6.43. The number of amides is 1. The molecule has 4 rings (SSSR count). The van der Waals surface area contributed by atoms with Gasteiger partial charge in [-0.05, 0) is 68.3 Å². The van der Waals surface area contributed by atoms with Crippen LogP contribution < -0.4 is 4.90 Å². The molecule has 164 valence electrons. The van der Waals surface area contributed by atoms with Gasteiger partial charge in [-0.25, -0.2) is 4.39 Å². The van der Waals surface area contributed by atoms with Gasteiger partial charge >= 0.3 is 0 Å². The Morgan fingerprint density at radius 3 is 2.52 bits per heavy atom. The highest BCUT2D eigenvalue weighted by Gasteiger charge is 2.24. The first kappa shape index (κ1) is 21.8. The van der Waals surface area contributed by atoms with E-state index in [1.54, 1.807) is 6.07 Å². The highest BCUT2D eigenvalue weighted by Crippen LogP contribution is 2.28. The minimum absolute atomic E-state index is 0.0637. The fourth-order valence-corrected chi connectivity index (χ4v) is 4.42. The van der Waals surface area contributed by atoms with E-state index in [-0.39, 0.29) is 11.7 Å². The van der Waals surface area contributed by atoms with E-state index in [0.717, 1.165) is 74.4 Å². The molecule has 0 unspecified atom stereocenters. The van der Waals surface area contributed by atoms with Crippen LogP contribution in [0.15, 0.2) is 48.0 Å². The van der Waals surface area contributed by atoms with Gasteiger partial charge in [-0.1, -0.05) is 23.7 Å². The third kappa shape index (κ3) is 5.46. The summed E-state index contributed by atoms with van der Waals surface area (Å²) in [6.07, 6.45) is 4.36. The largest absolute Gasteiger partial charge is 0.368 e. The van der Waals surface area contributed by atoms with E-state index in [1.807, 2.05) is 41.3 Å². The Bertz CT molecular complexity index is 952. The molecule has 0 saturated carbocycles. The standard InChI is InChI=1S/C25H29ClFN3O/c1-28-13-15-29(16-14-28)24-9-8-23(27)18-21(24)17-20-3-2-11-30(25(20)31)12-10-19-4-6-22(26)7-5-19/h4-9,17-18H,2-3,10-16H2,1H3/b20-17+. The summed E-state index contributed by atoms with van der Waals surface area (Å²) in [5.41, 5.74) is 3.74. The van der Waals surface area contributed by atoms with Crippen LogP contribution in [0.25, 0.3) is 6.08 Å². The quantitative estimate of drug-likeness (QED) is 0.640. The van der Waals surface area contributed by atoms with E-state index in [2.05, 4.69) is 16.8 Å². The molecule has 0 atom stereocenters. The summed E-state index contributed by atoms with van der Waals surface area (Å²) in [5.74, 6) is -0.207. The maximum absolute atomic E-state index is 14.1. The maximum Gasteiger partial charge on any atom is 0.249 e. The Morgan fingerprint density at radius 2 is 1.77 bits per heavy atom. The highest BCUT2D eigenvalue weighted by molar-refractivity contribution is 6.30. The molecule has 1 amide bonds. The molecular formula is C25H29ClFN3O. The summed E-state index contributed by atoms with van der Waals surface area (Å²) in [7, 11) is 2.12. The number of likely N-dealkylation sites (tertiary alicyclic amines) is 1. The van der Waals surface area contributed by atoms with E-state index in [4.69, 9.17) is 11.6 Å². The summed E-state index contributed by atoms with van der Waals surface area (Å²) >= 11 is 5.96. The van der Waals surface area contributed by atoms with Crippen LogP contribution in [0.3, 0.4) is 0 Å². The Hall–Kier alpha value is -2.37. The average molecular weight is 442 g/mol. The number of piperidine rings is 1. The average Bonchev–Trinajstić information content (AvgIpc) is 2.76. The number of anilines is 1. The van der Waals surface area contributed by atoms with Crippen molar-refractivity contribution in [2.24, 2.45) is 0 Å². The molecule has 0 bridgehead atoms. The first-order valence-corrected chi connectivity index (χ1v) is 11.3. The molecular weight excluding hydrogens is 413 g/mol. The van der Waals surface area contributed by atoms with Gasteiger partial charge in [0.2, 0.25) is 5.91 Å². The zero-order chi connectivity index (χ0) is 21.8. The van der Waals surface area contributed by atoms with E-state index in [0.29, 0.717) is 11.6 Å². The summed E-state index contributed by atoms with van der Waals surface area (Å²) < 4.78 is 14.1. The SMILES string of the molecule is CN1CCN(c2ccc(F)cc2/C=C2\CCCN(CCc3ccc(Cl)cc3)C2=O)CC1. The van der Waals surface area contributed by atoms with Crippen LogP contribution in [-0.4, -0.2) is 62.0 Å². The van der Waals surface area contributed by atoms with Crippen molar-refractivity contribution in [2.45, 2.75) is 19.3 Å². The number of likely N-dealkylation sites (N-methyl/N-ethyl adjacent to an activating group) is 1. The first-order valence-electron chi connectivity index (χ1n) is 11.0. The molecule has 0 spiro atoms. The molecule has 2 aromatic rings. The summed E-state index contributed by atoms with van der Waals surface area (Å²) in [6, 6.07) is 12.7. The first-order chi connectivity index (χ1) is 15.0. The molecule has 0 radical (unpaired) electrons. The van der Waals surface area contributed by atoms with E-state index >= 15 is 0 Å². The van der Waals surface area contributed by atoms with Crippen LogP contribution in [-0.2, 0) is 11.2 Å². The van der Waals surface area contributed by atoms with Gasteiger partial charge in [0.05, 0.1) is 0 Å². The molecule has 0 N–H and O–H groups in total. The molecule has 2 saturated heterocycles. The molecule has 2 aliphatic heterocycles. The monoisotopic (exact) mass is 441 g/mol. The van der Waals surface area contributed by atoms with Crippen molar-refractivity contribution in [1.82, 2.24) is 9.80 Å². The minimum Gasteiger partial charge on any atom is -0.368 e. The topological polar surface area (TPSA) is 26.8 Å². The van der Waals surface area contributed by atoms with Crippen molar-refractivity contribution in [2.75, 3.05) is 51.2 Å². The fraction of sp³-hybridized carbons (Fsp3) is 0.400. The molecule has 2 aliphatic rings. The number of hydrogen-bond donors (Lipinski definition) is 0. The lowest BCUT2D eigenvalue weighted by molar-refractivity contribution is -0.128. The van der Waals surface area contributed by atoms with E-state index < -0.39 is 0 Å². The van der Waals surface area contributed by atoms with Crippen LogP contribution in [0.2, 0.25) is 5.02 Å². The number of halogens is 2. The Labute approximate surface area is 188 Å². The van der Waals surface area contributed by atoms with Crippen molar-refractivity contribution >= 4 is 29.3 Å². The predicted molar refractivity (Wildman–Crippen MR) is 125 cm³/mol. The second kappa shape index (κ2) is 9.84. The van der Waals surface area contributed by atoms with Gasteiger partial charge in [0.1, 0.15) is 5.82 Å². The molecule has 0 aliphatic carbocycles. The van der Waals surface area contributed by atoms with Crippen molar-refractivity contribution < 1.29 is 9.18 Å². The van der Waals surface area contributed by atoms with Gasteiger partial charge < -0.3 is 14.7 Å². The zero-order valence-electron chi connectivity index (χ0n) is 18.0. The molecule has 6 heteroatoms. The number of carbonyl (C=O) groups excluding carboxylic acids is 1. The van der Waals surface area contributed by atoms with Gasteiger partial charge in [0, 0.05) is 61.1 Å². The summed E-state index contributed by atoms with van der Waals surface area (Å²) in [6.45, 7) is 5.19. The van der Waals surface area contributed by atoms with Crippen LogP contribution in [0.5, 0.6) is 0 Å². The van der Waals surface area contributed by atoms with Gasteiger partial charge in [0.15, 0.2) is 0 Å². The van der Waals surface area contributed by atoms with Gasteiger partial charge in [-0.3, -0.25) is 4.79 Å². The lowest BCUT2D eigenvalue weighted by Gasteiger charge is -2.35. The second-order valence-corrected chi connectivity index (χ2v) is 8.87. The van der Waals surface area contributed by atoms with E-state index in [9.17, 15) is 9.18 Å². The van der Waals surface area contributed by atoms with Gasteiger partial charge in [-0.2, -0.15) is 0 Å². The number of hydrogen-bond acceptors (Lipinski definition) is 3. The number of benzene rings is 2. The van der Waals surface area contributed by atoms with E-state index in [1.165, 1.54) is 6.07 Å². The van der Waals surface area contributed by atoms with Crippen LogP contribution >= 0.6 is 11.6 Å². The molecule has 4 nitrogen and oxygen atoms in total. The van der Waals surface area contributed by atoms with Gasteiger partial charge in [0.25, 0.3) is 0 Å². The number of piperazine rings is 1. The number of carbonyl (C=O) groups is 1. The lowest BCUT2D eigenvalue weighted by Crippen LogP contribution is -2.44. The van der Waals surface area contributed by atoms with Crippen LogP contribution in [0, 0.1) is 5.82 Å². The molecule has 2 heterocycles. The van der Waals surface area contributed by atoms with Crippen molar-refractivity contribution in [3.05, 3.63) is 70.0 Å². The van der Waals surface area contributed by atoms with Crippen LogP contribution in [0.4, 0.5) is 10.1 Å². The Morgan fingerprint density at radius 1 is 1.03 bits per heavy atom. The number of rotatable bonds is 5. The Balaban J connectivity index is 1.50. The highest BCUT2D eigenvalue weighted by atomic mass is 35.5. The molecule has 31 heavy (non-hydrogen) atoms. The van der Waals surface area contributed by atoms with Crippen molar-refractivity contribution in [3.8, 4) is 0 Å². The molecule has 2 aromatic carbocycles. The summed E-state index contributed by atoms with van der Waals surface area (Å²) in [5, 5.41) is 0.717. The van der Waals surface area contributed by atoms with Crippen molar-refractivity contribution in [1.29, 1.82) is 0 Å². The van der Waals surface area contributed by atoms with Crippen LogP contribution in [0.1, 0.15) is 24.0 Å². The molecule has 0 aromatic heterocycles. The number of nitrogens with zero attached hydrogens (tertiary/aromatic N) is 3. The minimum atomic E-state index is -0.271. The van der Waals surface area contributed by atoms with Crippen molar-refractivity contribution in [3.63, 3.8) is 0 Å². The Kier molecular flexibility index (Phi) is 6.93. The normalized spacial score (nSPS) is 19.3. The second-order valence-electron chi connectivity index (χ2n) is 8.44. The molecule has 2 fully saturated rings. The summed E-state index contributed by atoms with van der Waals surface area (Å²) in [4.78, 5) is 19.6. The third-order valence-electron chi connectivity index (χ3n) is 6.18. The zero-order valence-corrected chi connectivity index (χ0v) is 18.7. The maximum atomic E-state index is 14.1.